The van der Waals surface area contributed by atoms with Crippen LogP contribution in [-0.2, 0) is 33.5 Å². The number of rotatable bonds is 11. The van der Waals surface area contributed by atoms with Gasteiger partial charge in [-0.2, -0.15) is 0 Å². The molecule has 1 unspecified atom stereocenters. The van der Waals surface area contributed by atoms with Crippen LogP contribution in [0.1, 0.15) is 43.7 Å². The van der Waals surface area contributed by atoms with Gasteiger partial charge in [-0.1, -0.05) is 77.4 Å². The summed E-state index contributed by atoms with van der Waals surface area (Å²) in [5.41, 5.74) is 8.10. The number of nitrogens with zero attached hydrogens (tertiary/aromatic N) is 3. The van der Waals surface area contributed by atoms with Gasteiger partial charge in [0, 0.05) is 16.7 Å². The quantitative estimate of drug-likeness (QED) is 0.125. The average Bonchev–Trinajstić information content (AvgIpc) is 3.49. The van der Waals surface area contributed by atoms with Gasteiger partial charge in [0.05, 0.1) is 0 Å². The number of thiazole rings is 1. The Balaban J connectivity index is 1.35. The Hall–Kier alpha value is -4.66. The maximum Gasteiger partial charge on any atom is 0.356 e. The lowest BCUT2D eigenvalue weighted by atomic mass is 10.0. The lowest BCUT2D eigenvalue weighted by Crippen LogP contribution is -2.71. The number of nitrogen functional groups attached to an aromatic ring is 1. The van der Waals surface area contributed by atoms with Crippen LogP contribution in [0.2, 0.25) is 0 Å². The van der Waals surface area contributed by atoms with Gasteiger partial charge in [0.2, 0.25) is 6.61 Å². The minimum Gasteiger partial charge on any atom is -0.457 e. The third-order valence-corrected chi connectivity index (χ3v) is 9.01. The average molecular weight is 710 g/mol. The maximum absolute atomic E-state index is 13.9. The van der Waals surface area contributed by atoms with E-state index in [9.17, 15) is 19.2 Å². The molecule has 0 aliphatic carbocycles. The number of allylic oxidation sites excluding steroid dienone is 1. The van der Waals surface area contributed by atoms with E-state index in [4.69, 9.17) is 31.6 Å². The van der Waals surface area contributed by atoms with Crippen LogP contribution in [0.5, 0.6) is 0 Å². The molecule has 2 aromatic carbocycles. The minimum absolute atomic E-state index is 0.0323. The number of aromatic nitrogens is 1. The smallest absolute Gasteiger partial charge is 0.356 e. The highest BCUT2D eigenvalue weighted by Gasteiger charge is 2.54. The molecule has 0 bridgehead atoms. The fourth-order valence-electron chi connectivity index (χ4n) is 4.91. The second-order valence-corrected chi connectivity index (χ2v) is 13.8. The first-order valence-electron chi connectivity index (χ1n) is 14.7. The predicted octanol–water partition coefficient (Wildman–Crippen LogP) is 4.53. The van der Waals surface area contributed by atoms with Gasteiger partial charge in [-0.25, -0.2) is 14.6 Å². The zero-order valence-corrected chi connectivity index (χ0v) is 28.5. The van der Waals surface area contributed by atoms with E-state index >= 15 is 0 Å². The van der Waals surface area contributed by atoms with E-state index in [1.807, 2.05) is 60.7 Å². The summed E-state index contributed by atoms with van der Waals surface area (Å²) in [5.74, 6) is -2.46. The Bertz CT molecular complexity index is 1730. The van der Waals surface area contributed by atoms with Crippen molar-refractivity contribution >= 4 is 69.3 Å². The number of amides is 2. The Labute approximate surface area is 289 Å². The van der Waals surface area contributed by atoms with Gasteiger partial charge in [-0.3, -0.25) is 14.5 Å². The lowest BCUT2D eigenvalue weighted by Gasteiger charge is -2.49. The van der Waals surface area contributed by atoms with E-state index in [2.05, 4.69) is 15.5 Å². The summed E-state index contributed by atoms with van der Waals surface area (Å²) in [6, 6.07) is 17.5. The van der Waals surface area contributed by atoms with E-state index in [1.54, 1.807) is 26.8 Å². The topological polar surface area (TPSA) is 163 Å². The third kappa shape index (κ3) is 8.06. The molecule has 2 atom stereocenters. The second kappa shape index (κ2) is 15.0. The largest absolute Gasteiger partial charge is 0.457 e. The van der Waals surface area contributed by atoms with Crippen LogP contribution in [0.4, 0.5) is 5.13 Å². The number of carbonyl (C=O) groups is 4. The number of ether oxygens (including phenoxy) is 2. The molecule has 0 saturated carbocycles. The molecule has 0 spiro atoms. The van der Waals surface area contributed by atoms with Gasteiger partial charge in [-0.15, -0.1) is 23.1 Å². The molecule has 12 nitrogen and oxygen atoms in total. The number of nitrogens with two attached hydrogens (primary N) is 1. The monoisotopic (exact) mass is 709 g/mol. The number of fused-ring (bicyclic) bond motifs is 1. The summed E-state index contributed by atoms with van der Waals surface area (Å²) in [6.07, 6.45) is 0.790. The fraction of sp³-hybridized carbons (Fsp3) is 0.273. The number of anilines is 1. The van der Waals surface area contributed by atoms with E-state index in [-0.39, 0.29) is 22.2 Å². The normalized spacial score (nSPS) is 18.0. The van der Waals surface area contributed by atoms with Gasteiger partial charge < -0.3 is 25.4 Å². The van der Waals surface area contributed by atoms with Gasteiger partial charge in [0.15, 0.2) is 16.9 Å². The standard InChI is InChI=1S/C33H32ClN5O7S2/c1-33(2,3)46-23(40)16-44-38-24(22-18-48-32(35)36-22)28(41)37-25-29(42)39-26(21(14-15-34)17-47-30(25)39)31(43)45-27(19-10-6-4-7-11-19)20-12-8-5-9-13-20/h4-15,18,25,27,30H,16-17H2,1-3H3,(H2,35,36)(H,37,41)/b15-14+,38-24-/t25?,30-/m1/s1. The number of thioether (sulfide) groups is 1. The van der Waals surface area contributed by atoms with Crippen LogP contribution in [0.25, 0.3) is 0 Å². The number of hydrogen-bond donors (Lipinski definition) is 2. The maximum atomic E-state index is 13.9. The van der Waals surface area contributed by atoms with Crippen LogP contribution in [0, 0.1) is 0 Å². The van der Waals surface area contributed by atoms with Crippen molar-refractivity contribution in [1.82, 2.24) is 15.2 Å². The molecular weight excluding hydrogens is 678 g/mol. The lowest BCUT2D eigenvalue weighted by molar-refractivity contribution is -0.160. The van der Waals surface area contributed by atoms with Crippen molar-refractivity contribution in [3.05, 3.63) is 106 Å². The SMILES string of the molecule is CC(C)(C)OC(=O)CO/N=C(\C(=O)NC1C(=O)N2C(C(=O)OC(c3ccccc3)c3ccccc3)=C(/C=C/Cl)CS[C@H]12)c1csc(N)n1. The highest BCUT2D eigenvalue weighted by atomic mass is 35.5. The molecule has 15 heteroatoms. The van der Waals surface area contributed by atoms with Gasteiger partial charge in [0.1, 0.15) is 28.4 Å². The summed E-state index contributed by atoms with van der Waals surface area (Å²) in [5, 5.41) is 7.53. The fourth-order valence-corrected chi connectivity index (χ4v) is 6.93. The summed E-state index contributed by atoms with van der Waals surface area (Å²) in [6.45, 7) is 4.54. The second-order valence-electron chi connectivity index (χ2n) is 11.5. The Morgan fingerprint density at radius 2 is 1.77 bits per heavy atom. The van der Waals surface area contributed by atoms with Crippen molar-refractivity contribution in [3.63, 3.8) is 0 Å². The Kier molecular flexibility index (Phi) is 10.9. The molecule has 1 saturated heterocycles. The van der Waals surface area contributed by atoms with Crippen molar-refractivity contribution in [2.75, 3.05) is 18.1 Å². The third-order valence-electron chi connectivity index (χ3n) is 6.91. The summed E-state index contributed by atoms with van der Waals surface area (Å²) in [7, 11) is 0. The number of nitrogens with one attached hydrogen (secondary N) is 1. The van der Waals surface area contributed by atoms with Crippen LogP contribution in [0.15, 0.2) is 94.1 Å². The first-order chi connectivity index (χ1) is 23.0. The van der Waals surface area contributed by atoms with Gasteiger partial charge in [-0.05, 0) is 43.5 Å². The molecule has 1 aromatic heterocycles. The number of halogens is 1. The summed E-state index contributed by atoms with van der Waals surface area (Å²) < 4.78 is 11.3. The van der Waals surface area contributed by atoms with Crippen molar-refractivity contribution in [2.45, 2.75) is 43.9 Å². The molecular formula is C33H32ClN5O7S2. The Morgan fingerprint density at radius 3 is 2.33 bits per heavy atom. The zero-order chi connectivity index (χ0) is 34.4. The van der Waals surface area contributed by atoms with E-state index in [0.717, 1.165) is 22.5 Å². The van der Waals surface area contributed by atoms with Crippen molar-refractivity contribution < 1.29 is 33.5 Å². The first kappa shape index (κ1) is 34.7. The highest BCUT2D eigenvalue weighted by molar-refractivity contribution is 8.00. The van der Waals surface area contributed by atoms with E-state index in [1.165, 1.54) is 27.6 Å². The molecule has 2 aliphatic rings. The van der Waals surface area contributed by atoms with E-state index < -0.39 is 53.5 Å². The zero-order valence-electron chi connectivity index (χ0n) is 26.1. The number of hydrogen-bond acceptors (Lipinski definition) is 12. The predicted molar refractivity (Wildman–Crippen MR) is 183 cm³/mol. The summed E-state index contributed by atoms with van der Waals surface area (Å²) in [4.78, 5) is 63.7. The number of carbonyl (C=O) groups excluding carboxylic acids is 4. The van der Waals surface area contributed by atoms with Gasteiger partial charge >= 0.3 is 11.9 Å². The molecule has 2 amide bonds. The van der Waals surface area contributed by atoms with Gasteiger partial charge in [0.25, 0.3) is 11.8 Å². The molecule has 48 heavy (non-hydrogen) atoms. The molecule has 3 aromatic rings. The van der Waals surface area contributed by atoms with Crippen LogP contribution in [0.3, 0.4) is 0 Å². The number of oxime groups is 1. The van der Waals surface area contributed by atoms with Crippen LogP contribution >= 0.6 is 34.7 Å². The molecule has 0 radical (unpaired) electrons. The number of esters is 2. The van der Waals surface area contributed by atoms with Crippen molar-refractivity contribution in [1.29, 1.82) is 0 Å². The van der Waals surface area contributed by atoms with E-state index in [0.29, 0.717) is 11.3 Å². The molecule has 3 heterocycles. The molecule has 3 N–H and O–H groups in total. The first-order valence-corrected chi connectivity index (χ1v) is 17.0. The van der Waals surface area contributed by atoms with Crippen LogP contribution in [-0.4, -0.2) is 68.7 Å². The number of benzene rings is 2. The molecule has 2 aliphatic heterocycles. The van der Waals surface area contributed by atoms with Crippen molar-refractivity contribution in [2.24, 2.45) is 5.16 Å². The molecule has 1 fully saturated rings. The van der Waals surface area contributed by atoms with Crippen molar-refractivity contribution in [3.8, 4) is 0 Å². The van der Waals surface area contributed by atoms with Crippen LogP contribution < -0.4 is 11.1 Å². The highest BCUT2D eigenvalue weighted by Crippen LogP contribution is 2.42. The summed E-state index contributed by atoms with van der Waals surface area (Å²) >= 11 is 8.33. The molecule has 250 valence electrons. The molecule has 5 rings (SSSR count). The number of β-lactam (4-membered cyclic amide) rings is 1. The Morgan fingerprint density at radius 1 is 1.12 bits per heavy atom. The minimum atomic E-state index is -1.03.